The first-order valence-electron chi connectivity index (χ1n) is 4.24. The highest BCUT2D eigenvalue weighted by Gasteiger charge is 2.28. The Morgan fingerprint density at radius 2 is 2.23 bits per heavy atom. The highest BCUT2D eigenvalue weighted by molar-refractivity contribution is 5.30. The summed E-state index contributed by atoms with van der Waals surface area (Å²) in [5, 5.41) is 9.75. The molecule has 3 heteroatoms. The lowest BCUT2D eigenvalue weighted by atomic mass is 9.89. The van der Waals surface area contributed by atoms with Gasteiger partial charge in [-0.05, 0) is 32.1 Å². The van der Waals surface area contributed by atoms with Crippen molar-refractivity contribution >= 4 is 0 Å². The average Bonchev–Trinajstić information content (AvgIpc) is 1.97. The maximum absolute atomic E-state index is 9.75. The van der Waals surface area contributed by atoms with E-state index in [9.17, 15) is 5.11 Å². The largest absolute Gasteiger partial charge is 0.399 e. The van der Waals surface area contributed by atoms with Crippen molar-refractivity contribution in [3.05, 3.63) is 35.6 Å². The first-order chi connectivity index (χ1) is 5.92. The van der Waals surface area contributed by atoms with Crippen LogP contribution in [0, 0.1) is 5.92 Å². The minimum atomic E-state index is -1.31. The molecule has 0 aromatic heterocycles. The fraction of sp³-hybridized carbons (Fsp3) is 0.400. The SMILES string of the molecule is CC(C)=CC1C=C(N)C=CC1(N)O. The van der Waals surface area contributed by atoms with Crippen molar-refractivity contribution in [2.75, 3.05) is 0 Å². The Morgan fingerprint density at radius 3 is 2.77 bits per heavy atom. The van der Waals surface area contributed by atoms with Gasteiger partial charge in [0.05, 0.1) is 0 Å². The van der Waals surface area contributed by atoms with Crippen LogP contribution in [0.2, 0.25) is 0 Å². The van der Waals surface area contributed by atoms with Gasteiger partial charge < -0.3 is 10.8 Å². The molecule has 0 aromatic rings. The fourth-order valence-electron chi connectivity index (χ4n) is 1.28. The maximum Gasteiger partial charge on any atom is 0.142 e. The summed E-state index contributed by atoms with van der Waals surface area (Å²) in [7, 11) is 0. The zero-order valence-electron chi connectivity index (χ0n) is 7.99. The average molecular weight is 180 g/mol. The third kappa shape index (κ3) is 2.44. The quantitative estimate of drug-likeness (QED) is 0.409. The van der Waals surface area contributed by atoms with Crippen molar-refractivity contribution in [1.82, 2.24) is 0 Å². The second-order valence-corrected chi connectivity index (χ2v) is 3.66. The zero-order valence-corrected chi connectivity index (χ0v) is 7.99. The molecule has 0 bridgehead atoms. The van der Waals surface area contributed by atoms with Gasteiger partial charge in [0, 0.05) is 11.6 Å². The second-order valence-electron chi connectivity index (χ2n) is 3.66. The van der Waals surface area contributed by atoms with Crippen molar-refractivity contribution in [3.63, 3.8) is 0 Å². The summed E-state index contributed by atoms with van der Waals surface area (Å²) in [4.78, 5) is 0. The molecule has 0 aromatic carbocycles. The first kappa shape index (κ1) is 10.0. The van der Waals surface area contributed by atoms with Crippen molar-refractivity contribution in [2.24, 2.45) is 17.4 Å². The van der Waals surface area contributed by atoms with Gasteiger partial charge in [0.1, 0.15) is 5.72 Å². The molecule has 0 spiro atoms. The smallest absolute Gasteiger partial charge is 0.142 e. The van der Waals surface area contributed by atoms with Gasteiger partial charge in [-0.2, -0.15) is 0 Å². The summed E-state index contributed by atoms with van der Waals surface area (Å²) in [5.74, 6) is -0.234. The molecule has 0 fully saturated rings. The molecule has 0 aliphatic heterocycles. The molecular weight excluding hydrogens is 164 g/mol. The number of aliphatic hydroxyl groups is 1. The van der Waals surface area contributed by atoms with E-state index >= 15 is 0 Å². The van der Waals surface area contributed by atoms with Gasteiger partial charge in [0.15, 0.2) is 0 Å². The summed E-state index contributed by atoms with van der Waals surface area (Å²) in [6, 6.07) is 0. The number of rotatable bonds is 1. The molecule has 1 rings (SSSR count). The van der Waals surface area contributed by atoms with Crippen LogP contribution in [-0.2, 0) is 0 Å². The number of nitrogens with two attached hydrogens (primary N) is 2. The Labute approximate surface area is 78.4 Å². The van der Waals surface area contributed by atoms with Gasteiger partial charge in [-0.1, -0.05) is 11.6 Å². The van der Waals surface area contributed by atoms with Crippen LogP contribution < -0.4 is 11.5 Å². The molecule has 0 heterocycles. The van der Waals surface area contributed by atoms with Crippen LogP contribution in [0.15, 0.2) is 35.6 Å². The molecule has 0 saturated carbocycles. The Kier molecular flexibility index (Phi) is 2.59. The Balaban J connectivity index is 2.95. The van der Waals surface area contributed by atoms with Crippen LogP contribution >= 0.6 is 0 Å². The van der Waals surface area contributed by atoms with Crippen LogP contribution in [0.1, 0.15) is 13.8 Å². The maximum atomic E-state index is 9.75. The van der Waals surface area contributed by atoms with E-state index in [1.807, 2.05) is 19.9 Å². The number of hydrogen-bond acceptors (Lipinski definition) is 3. The second kappa shape index (κ2) is 3.36. The Morgan fingerprint density at radius 1 is 1.62 bits per heavy atom. The molecule has 1 aliphatic carbocycles. The van der Waals surface area contributed by atoms with E-state index in [4.69, 9.17) is 11.5 Å². The highest BCUT2D eigenvalue weighted by atomic mass is 16.3. The van der Waals surface area contributed by atoms with E-state index < -0.39 is 5.72 Å². The Bertz CT molecular complexity index is 283. The molecule has 13 heavy (non-hydrogen) atoms. The molecule has 72 valence electrons. The molecule has 2 unspecified atom stereocenters. The van der Waals surface area contributed by atoms with Crippen LogP contribution in [0.5, 0.6) is 0 Å². The molecule has 0 amide bonds. The summed E-state index contributed by atoms with van der Waals surface area (Å²) in [5.41, 5.74) is 11.7. The third-order valence-corrected chi connectivity index (χ3v) is 1.96. The van der Waals surface area contributed by atoms with E-state index in [2.05, 4.69) is 0 Å². The molecule has 3 nitrogen and oxygen atoms in total. The van der Waals surface area contributed by atoms with Crippen LogP contribution in [0.25, 0.3) is 0 Å². The molecule has 5 N–H and O–H groups in total. The minimum absolute atomic E-state index is 0.234. The monoisotopic (exact) mass is 180 g/mol. The molecule has 1 aliphatic rings. The normalized spacial score (nSPS) is 32.6. The standard InChI is InChI=1S/C10H16N2O/c1-7(2)5-8-6-9(11)3-4-10(8,12)13/h3-6,8,13H,11-12H2,1-2H3. The predicted molar refractivity (Wildman–Crippen MR) is 53.5 cm³/mol. The molecule has 2 atom stereocenters. The lowest BCUT2D eigenvalue weighted by Gasteiger charge is -2.28. The van der Waals surface area contributed by atoms with Crippen molar-refractivity contribution in [1.29, 1.82) is 0 Å². The zero-order chi connectivity index (χ0) is 10.1. The van der Waals surface area contributed by atoms with Gasteiger partial charge in [-0.15, -0.1) is 0 Å². The highest BCUT2D eigenvalue weighted by Crippen LogP contribution is 2.23. The van der Waals surface area contributed by atoms with Gasteiger partial charge in [0.2, 0.25) is 0 Å². The molecule has 0 radical (unpaired) electrons. The van der Waals surface area contributed by atoms with Gasteiger partial charge >= 0.3 is 0 Å². The van der Waals surface area contributed by atoms with Crippen molar-refractivity contribution in [3.8, 4) is 0 Å². The van der Waals surface area contributed by atoms with Crippen molar-refractivity contribution < 1.29 is 5.11 Å². The van der Waals surface area contributed by atoms with Crippen LogP contribution in [0.3, 0.4) is 0 Å². The topological polar surface area (TPSA) is 72.3 Å². The fourth-order valence-corrected chi connectivity index (χ4v) is 1.28. The predicted octanol–water partition coefficient (Wildman–Crippen LogP) is 0.629. The van der Waals surface area contributed by atoms with Crippen LogP contribution in [0.4, 0.5) is 0 Å². The lowest BCUT2D eigenvalue weighted by Crippen LogP contribution is -2.45. The molecule has 0 saturated heterocycles. The van der Waals surface area contributed by atoms with E-state index in [-0.39, 0.29) is 5.92 Å². The van der Waals surface area contributed by atoms with E-state index in [1.54, 1.807) is 12.2 Å². The third-order valence-electron chi connectivity index (χ3n) is 1.96. The van der Waals surface area contributed by atoms with Gasteiger partial charge in [0.25, 0.3) is 0 Å². The van der Waals surface area contributed by atoms with Crippen molar-refractivity contribution in [2.45, 2.75) is 19.6 Å². The van der Waals surface area contributed by atoms with E-state index in [0.29, 0.717) is 5.70 Å². The van der Waals surface area contributed by atoms with E-state index in [1.165, 1.54) is 6.08 Å². The van der Waals surface area contributed by atoms with E-state index in [0.717, 1.165) is 5.57 Å². The summed E-state index contributed by atoms with van der Waals surface area (Å²) < 4.78 is 0. The number of allylic oxidation sites excluding steroid dienone is 2. The molecular formula is C10H16N2O. The lowest BCUT2D eigenvalue weighted by molar-refractivity contribution is 0.0699. The summed E-state index contributed by atoms with van der Waals surface area (Å²) >= 11 is 0. The number of hydrogen-bond donors (Lipinski definition) is 3. The van der Waals surface area contributed by atoms with Gasteiger partial charge in [-0.3, -0.25) is 5.73 Å². The minimum Gasteiger partial charge on any atom is -0.399 e. The summed E-state index contributed by atoms with van der Waals surface area (Å²) in [6.07, 6.45) is 6.80. The summed E-state index contributed by atoms with van der Waals surface area (Å²) in [6.45, 7) is 3.91. The van der Waals surface area contributed by atoms with Gasteiger partial charge in [-0.25, -0.2) is 0 Å². The first-order valence-corrected chi connectivity index (χ1v) is 4.24. The van der Waals surface area contributed by atoms with Crippen LogP contribution in [-0.4, -0.2) is 10.8 Å². The Hall–Kier alpha value is -1.06.